The van der Waals surface area contributed by atoms with Crippen molar-refractivity contribution in [2.24, 2.45) is 0 Å². The van der Waals surface area contributed by atoms with E-state index in [4.69, 9.17) is 4.42 Å². The number of rotatable bonds is 6. The number of amides is 4. The minimum atomic E-state index is -0.672. The first kappa shape index (κ1) is 17.5. The van der Waals surface area contributed by atoms with Crippen LogP contribution in [-0.2, 0) is 16.1 Å². The molecule has 4 amide bonds. The third-order valence-electron chi connectivity index (χ3n) is 5.09. The van der Waals surface area contributed by atoms with Crippen LogP contribution in [0.5, 0.6) is 0 Å². The highest BCUT2D eigenvalue weighted by Crippen LogP contribution is 2.35. The van der Waals surface area contributed by atoms with Crippen molar-refractivity contribution in [1.29, 1.82) is 0 Å². The van der Waals surface area contributed by atoms with E-state index in [9.17, 15) is 14.4 Å². The summed E-state index contributed by atoms with van der Waals surface area (Å²) in [7, 11) is 1.72. The molecule has 1 N–H and O–H groups in total. The zero-order valence-corrected chi connectivity index (χ0v) is 14.8. The molecule has 1 aliphatic heterocycles. The molecule has 0 atom stereocenters. The van der Waals surface area contributed by atoms with Gasteiger partial charge in [-0.2, -0.15) is 0 Å². The molecule has 1 saturated heterocycles. The molecule has 2 heterocycles. The molecule has 7 heteroatoms. The Bertz CT molecular complexity index is 676. The number of urea groups is 1. The summed E-state index contributed by atoms with van der Waals surface area (Å²) in [5, 5.41) is 2.85. The van der Waals surface area contributed by atoms with Crippen LogP contribution in [-0.4, -0.2) is 46.8 Å². The number of nitrogens with zero attached hydrogens (tertiary/aromatic N) is 2. The fraction of sp³-hybridized carbons (Fsp3) is 0.611. The van der Waals surface area contributed by atoms with Crippen LogP contribution in [0.4, 0.5) is 4.79 Å². The number of aryl methyl sites for hydroxylation is 1. The second-order valence-electron chi connectivity index (χ2n) is 7.04. The Morgan fingerprint density at radius 3 is 2.68 bits per heavy atom. The lowest BCUT2D eigenvalue weighted by atomic mass is 9.98. The third-order valence-corrected chi connectivity index (χ3v) is 5.09. The van der Waals surface area contributed by atoms with Gasteiger partial charge in [0.25, 0.3) is 5.91 Å². The Morgan fingerprint density at radius 2 is 2.04 bits per heavy atom. The van der Waals surface area contributed by atoms with E-state index in [1.54, 1.807) is 11.9 Å². The predicted octanol–water partition coefficient (Wildman–Crippen LogP) is 2.19. The van der Waals surface area contributed by atoms with Crippen molar-refractivity contribution < 1.29 is 18.8 Å². The lowest BCUT2D eigenvalue weighted by Gasteiger charge is -2.20. The SMILES string of the molecule is Cc1ccc(CN(C)C(=O)CCCN2C(=O)NC3(CCCC3)C2=O)o1. The van der Waals surface area contributed by atoms with Gasteiger partial charge in [-0.1, -0.05) is 12.8 Å². The van der Waals surface area contributed by atoms with E-state index in [2.05, 4.69) is 5.32 Å². The fourth-order valence-corrected chi connectivity index (χ4v) is 3.67. The fourth-order valence-electron chi connectivity index (χ4n) is 3.67. The van der Waals surface area contributed by atoms with E-state index in [0.29, 0.717) is 19.4 Å². The highest BCUT2D eigenvalue weighted by atomic mass is 16.3. The molecule has 2 fully saturated rings. The Morgan fingerprint density at radius 1 is 1.32 bits per heavy atom. The molecule has 0 bridgehead atoms. The zero-order valence-electron chi connectivity index (χ0n) is 14.8. The highest BCUT2D eigenvalue weighted by molar-refractivity contribution is 6.07. The number of hydrogen-bond acceptors (Lipinski definition) is 4. The van der Waals surface area contributed by atoms with Crippen LogP contribution in [0.2, 0.25) is 0 Å². The van der Waals surface area contributed by atoms with Crippen LogP contribution in [0.1, 0.15) is 50.0 Å². The summed E-state index contributed by atoms with van der Waals surface area (Å²) in [6, 6.07) is 3.40. The standard InChI is InChI=1S/C18H25N3O4/c1-13-7-8-14(25-13)12-20(2)15(22)6-5-11-21-16(23)18(19-17(21)24)9-3-4-10-18/h7-8H,3-6,9-12H2,1-2H3,(H,19,24). The summed E-state index contributed by atoms with van der Waals surface area (Å²) in [6.07, 6.45) is 4.14. The lowest BCUT2D eigenvalue weighted by molar-refractivity contribution is -0.133. The monoisotopic (exact) mass is 347 g/mol. The van der Waals surface area contributed by atoms with Gasteiger partial charge in [-0.05, 0) is 38.3 Å². The van der Waals surface area contributed by atoms with Crippen molar-refractivity contribution >= 4 is 17.8 Å². The van der Waals surface area contributed by atoms with Gasteiger partial charge in [0.05, 0.1) is 6.54 Å². The minimum Gasteiger partial charge on any atom is -0.464 e. The quantitative estimate of drug-likeness (QED) is 0.800. The van der Waals surface area contributed by atoms with Crippen LogP contribution >= 0.6 is 0 Å². The van der Waals surface area contributed by atoms with E-state index in [1.807, 2.05) is 19.1 Å². The molecule has 1 aliphatic carbocycles. The summed E-state index contributed by atoms with van der Waals surface area (Å²) < 4.78 is 5.47. The summed E-state index contributed by atoms with van der Waals surface area (Å²) >= 11 is 0. The molecule has 1 saturated carbocycles. The zero-order chi connectivity index (χ0) is 18.0. The molecule has 7 nitrogen and oxygen atoms in total. The third kappa shape index (κ3) is 3.55. The topological polar surface area (TPSA) is 82.9 Å². The van der Waals surface area contributed by atoms with Gasteiger partial charge < -0.3 is 14.6 Å². The molecule has 0 radical (unpaired) electrons. The molecule has 136 valence electrons. The maximum absolute atomic E-state index is 12.5. The van der Waals surface area contributed by atoms with Crippen LogP contribution in [0.3, 0.4) is 0 Å². The molecular weight excluding hydrogens is 322 g/mol. The normalized spacial score (nSPS) is 18.9. The molecule has 2 aliphatic rings. The first-order valence-corrected chi connectivity index (χ1v) is 8.85. The van der Waals surface area contributed by atoms with Gasteiger partial charge in [-0.25, -0.2) is 4.79 Å². The number of imide groups is 1. The molecule has 0 unspecified atom stereocenters. The average Bonchev–Trinajstić information content (AvgIpc) is 3.25. The maximum Gasteiger partial charge on any atom is 0.325 e. The number of nitrogens with one attached hydrogen (secondary N) is 1. The number of furan rings is 1. The summed E-state index contributed by atoms with van der Waals surface area (Å²) in [5.74, 6) is 1.40. The van der Waals surface area contributed by atoms with Crippen LogP contribution in [0.25, 0.3) is 0 Å². The summed E-state index contributed by atoms with van der Waals surface area (Å²) in [6.45, 7) is 2.56. The number of carbonyl (C=O) groups excluding carboxylic acids is 3. The van der Waals surface area contributed by atoms with Crippen molar-refractivity contribution in [3.8, 4) is 0 Å². The van der Waals surface area contributed by atoms with Gasteiger partial charge in [-0.15, -0.1) is 0 Å². The number of hydrogen-bond donors (Lipinski definition) is 1. The minimum absolute atomic E-state index is 0.0308. The van der Waals surface area contributed by atoms with Gasteiger partial charge in [0.2, 0.25) is 5.91 Å². The molecule has 3 rings (SSSR count). The predicted molar refractivity (Wildman–Crippen MR) is 90.6 cm³/mol. The first-order valence-electron chi connectivity index (χ1n) is 8.85. The van der Waals surface area contributed by atoms with Crippen molar-refractivity contribution in [1.82, 2.24) is 15.1 Å². The van der Waals surface area contributed by atoms with E-state index in [0.717, 1.165) is 37.2 Å². The van der Waals surface area contributed by atoms with E-state index in [1.165, 1.54) is 4.90 Å². The molecule has 0 aromatic carbocycles. The second-order valence-corrected chi connectivity index (χ2v) is 7.04. The molecule has 1 aromatic heterocycles. The first-order chi connectivity index (χ1) is 11.9. The summed E-state index contributed by atoms with van der Waals surface area (Å²) in [4.78, 5) is 39.7. The maximum atomic E-state index is 12.5. The van der Waals surface area contributed by atoms with Gasteiger partial charge in [-0.3, -0.25) is 14.5 Å². The smallest absolute Gasteiger partial charge is 0.325 e. The highest BCUT2D eigenvalue weighted by Gasteiger charge is 2.52. The van der Waals surface area contributed by atoms with Crippen molar-refractivity contribution in [2.75, 3.05) is 13.6 Å². The van der Waals surface area contributed by atoms with Gasteiger partial charge in [0.1, 0.15) is 17.1 Å². The Hall–Kier alpha value is -2.31. The van der Waals surface area contributed by atoms with Crippen molar-refractivity contribution in [3.63, 3.8) is 0 Å². The van der Waals surface area contributed by atoms with Gasteiger partial charge >= 0.3 is 6.03 Å². The second kappa shape index (κ2) is 6.90. The Balaban J connectivity index is 1.46. The van der Waals surface area contributed by atoms with Gasteiger partial charge in [0, 0.05) is 20.0 Å². The molecule has 1 spiro atoms. The Labute approximate surface area is 147 Å². The molecular formula is C18H25N3O4. The van der Waals surface area contributed by atoms with E-state index >= 15 is 0 Å². The summed E-state index contributed by atoms with van der Waals surface area (Å²) in [5.41, 5.74) is -0.672. The molecule has 25 heavy (non-hydrogen) atoms. The van der Waals surface area contributed by atoms with E-state index < -0.39 is 5.54 Å². The average molecular weight is 347 g/mol. The van der Waals surface area contributed by atoms with Crippen molar-refractivity contribution in [2.45, 2.75) is 57.5 Å². The number of carbonyl (C=O) groups is 3. The van der Waals surface area contributed by atoms with Crippen LogP contribution in [0, 0.1) is 6.92 Å². The van der Waals surface area contributed by atoms with E-state index in [-0.39, 0.29) is 24.4 Å². The Kier molecular flexibility index (Phi) is 4.83. The van der Waals surface area contributed by atoms with Crippen LogP contribution < -0.4 is 5.32 Å². The van der Waals surface area contributed by atoms with Crippen molar-refractivity contribution in [3.05, 3.63) is 23.7 Å². The largest absolute Gasteiger partial charge is 0.464 e. The van der Waals surface area contributed by atoms with Gasteiger partial charge in [0.15, 0.2) is 0 Å². The van der Waals surface area contributed by atoms with Crippen LogP contribution in [0.15, 0.2) is 16.5 Å². The molecule has 1 aromatic rings. The lowest BCUT2D eigenvalue weighted by Crippen LogP contribution is -2.44.